The lowest BCUT2D eigenvalue weighted by atomic mass is 10.0. The number of nitriles is 1. The number of anilines is 1. The normalized spacial score (nSPS) is 12.5. The van der Waals surface area contributed by atoms with Crippen LogP contribution in [0.4, 0.5) is 5.00 Å². The van der Waals surface area contributed by atoms with E-state index < -0.39 is 0 Å². The van der Waals surface area contributed by atoms with Gasteiger partial charge in [0.2, 0.25) is 11.8 Å². The average Bonchev–Trinajstić information content (AvgIpc) is 3.19. The van der Waals surface area contributed by atoms with Crippen molar-refractivity contribution in [2.75, 3.05) is 19.0 Å². The summed E-state index contributed by atoms with van der Waals surface area (Å²) in [7, 11) is 1.61. The zero-order valence-corrected chi connectivity index (χ0v) is 19.2. The second kappa shape index (κ2) is 10.3. The van der Waals surface area contributed by atoms with Crippen molar-refractivity contribution in [2.24, 2.45) is 0 Å². The number of aryl methyl sites for hydroxylation is 1. The summed E-state index contributed by atoms with van der Waals surface area (Å²) in [5.41, 5.74) is 3.35. The number of hydrogen-bond acceptors (Lipinski definition) is 6. The van der Waals surface area contributed by atoms with Crippen LogP contribution in [-0.2, 0) is 35.4 Å². The minimum absolute atomic E-state index is 0.0319. The number of amides is 2. The number of thiophene rings is 1. The van der Waals surface area contributed by atoms with Gasteiger partial charge in [-0.2, -0.15) is 5.26 Å². The Balaban J connectivity index is 1.40. The van der Waals surface area contributed by atoms with Gasteiger partial charge in [-0.05, 0) is 47.7 Å². The predicted molar refractivity (Wildman–Crippen MR) is 126 cm³/mol. The Bertz CT molecular complexity index is 1200. The summed E-state index contributed by atoms with van der Waals surface area (Å²) < 4.78 is 5.23. The maximum Gasteiger partial charge on any atom is 0.227 e. The van der Waals surface area contributed by atoms with Gasteiger partial charge in [0.1, 0.15) is 16.8 Å². The summed E-state index contributed by atoms with van der Waals surface area (Å²) in [5, 5.41) is 13.2. The van der Waals surface area contributed by atoms with Crippen LogP contribution < -0.4 is 10.1 Å². The molecule has 168 valence electrons. The first kappa shape index (κ1) is 22.5. The van der Waals surface area contributed by atoms with Crippen molar-refractivity contribution in [3.8, 4) is 11.8 Å². The van der Waals surface area contributed by atoms with E-state index in [4.69, 9.17) is 4.74 Å². The number of rotatable bonds is 7. The van der Waals surface area contributed by atoms with E-state index >= 15 is 0 Å². The lowest BCUT2D eigenvalue weighted by Gasteiger charge is -2.27. The van der Waals surface area contributed by atoms with Crippen molar-refractivity contribution < 1.29 is 14.3 Å². The number of pyridine rings is 1. The van der Waals surface area contributed by atoms with E-state index in [1.54, 1.807) is 24.4 Å². The van der Waals surface area contributed by atoms with Crippen molar-refractivity contribution in [2.45, 2.75) is 32.2 Å². The number of hydrogen-bond donors (Lipinski definition) is 1. The van der Waals surface area contributed by atoms with Gasteiger partial charge in [-0.3, -0.25) is 14.6 Å². The van der Waals surface area contributed by atoms with Crippen molar-refractivity contribution in [3.05, 3.63) is 75.9 Å². The molecule has 0 spiro atoms. The van der Waals surface area contributed by atoms with Gasteiger partial charge in [0, 0.05) is 30.2 Å². The van der Waals surface area contributed by atoms with Crippen molar-refractivity contribution in [1.82, 2.24) is 9.88 Å². The second-order valence-electron chi connectivity index (χ2n) is 7.82. The molecule has 0 atom stereocenters. The molecule has 0 fully saturated rings. The first-order chi connectivity index (χ1) is 16.1. The number of nitrogens with one attached hydrogen (secondary N) is 1. The van der Waals surface area contributed by atoms with Crippen LogP contribution in [0.3, 0.4) is 0 Å². The number of methoxy groups -OCH3 is 1. The summed E-state index contributed by atoms with van der Waals surface area (Å²) in [6.07, 6.45) is 5.16. The number of aromatic nitrogens is 1. The number of benzene rings is 1. The maximum atomic E-state index is 12.7. The average molecular weight is 461 g/mol. The Morgan fingerprint density at radius 2 is 2.12 bits per heavy atom. The van der Waals surface area contributed by atoms with Gasteiger partial charge >= 0.3 is 0 Å². The number of ether oxygens (including phenoxy) is 1. The van der Waals surface area contributed by atoms with Gasteiger partial charge in [-0.15, -0.1) is 11.3 Å². The standard InChI is InChI=1S/C25H24N4O3S/c1-32-19-6-2-4-17(12-19)7-8-23(30)28-25-21(14-26)20-9-11-29(16-22(20)33-25)24(31)13-18-5-3-10-27-15-18/h2-6,10,12,15H,7-9,11,13,16H2,1H3,(H,28,30). The molecule has 2 amide bonds. The SMILES string of the molecule is COc1cccc(CCC(=O)Nc2sc3c(c2C#N)CCN(C(=O)Cc2cccnc2)C3)c1. The molecule has 3 aromatic rings. The molecule has 33 heavy (non-hydrogen) atoms. The molecule has 1 N–H and O–H groups in total. The molecule has 0 saturated carbocycles. The molecule has 4 rings (SSSR count). The summed E-state index contributed by atoms with van der Waals surface area (Å²) >= 11 is 1.39. The van der Waals surface area contributed by atoms with E-state index in [1.807, 2.05) is 36.4 Å². The topological polar surface area (TPSA) is 95.3 Å². The van der Waals surface area contributed by atoms with Crippen molar-refractivity contribution >= 4 is 28.2 Å². The van der Waals surface area contributed by atoms with Gasteiger partial charge < -0.3 is 15.0 Å². The van der Waals surface area contributed by atoms with Gasteiger partial charge in [0.05, 0.1) is 25.6 Å². The smallest absolute Gasteiger partial charge is 0.227 e. The van der Waals surface area contributed by atoms with E-state index in [2.05, 4.69) is 16.4 Å². The molecule has 0 bridgehead atoms. The molecule has 1 aliphatic rings. The van der Waals surface area contributed by atoms with E-state index in [-0.39, 0.29) is 11.8 Å². The molecule has 1 aliphatic heterocycles. The molecule has 1 aromatic carbocycles. The highest BCUT2D eigenvalue weighted by molar-refractivity contribution is 7.16. The Kier molecular flexibility index (Phi) is 7.01. The molecule has 0 aliphatic carbocycles. The quantitative estimate of drug-likeness (QED) is 0.580. The summed E-state index contributed by atoms with van der Waals surface area (Å²) in [5.74, 6) is 0.648. The summed E-state index contributed by atoms with van der Waals surface area (Å²) in [4.78, 5) is 32.2. The minimum atomic E-state index is -0.141. The fourth-order valence-electron chi connectivity index (χ4n) is 3.89. The summed E-state index contributed by atoms with van der Waals surface area (Å²) in [6.45, 7) is 1.01. The fourth-order valence-corrected chi connectivity index (χ4v) is 5.12. The largest absolute Gasteiger partial charge is 0.497 e. The lowest BCUT2D eigenvalue weighted by Crippen LogP contribution is -2.36. The van der Waals surface area contributed by atoms with Crippen LogP contribution in [0.15, 0.2) is 48.8 Å². The van der Waals surface area contributed by atoms with Crippen LogP contribution in [0.25, 0.3) is 0 Å². The van der Waals surface area contributed by atoms with E-state index in [1.165, 1.54) is 11.3 Å². The zero-order chi connectivity index (χ0) is 23.2. The highest BCUT2D eigenvalue weighted by Gasteiger charge is 2.27. The van der Waals surface area contributed by atoms with E-state index in [9.17, 15) is 14.9 Å². The fraction of sp³-hybridized carbons (Fsp3) is 0.280. The minimum Gasteiger partial charge on any atom is -0.497 e. The molecule has 0 radical (unpaired) electrons. The lowest BCUT2D eigenvalue weighted by molar-refractivity contribution is -0.131. The van der Waals surface area contributed by atoms with Crippen LogP contribution in [-0.4, -0.2) is 35.4 Å². The Hall–Kier alpha value is -3.70. The van der Waals surface area contributed by atoms with Crippen LogP contribution in [0.1, 0.15) is 33.6 Å². The van der Waals surface area contributed by atoms with E-state index in [0.29, 0.717) is 49.3 Å². The molecular weight excluding hydrogens is 436 g/mol. The summed E-state index contributed by atoms with van der Waals surface area (Å²) in [6, 6.07) is 13.6. The van der Waals surface area contributed by atoms with Crippen LogP contribution in [0, 0.1) is 11.3 Å². The van der Waals surface area contributed by atoms with Crippen molar-refractivity contribution in [3.63, 3.8) is 0 Å². The zero-order valence-electron chi connectivity index (χ0n) is 18.3. The Labute approximate surface area is 196 Å². The van der Waals surface area contributed by atoms with Gasteiger partial charge in [0.15, 0.2) is 0 Å². The third-order valence-corrected chi connectivity index (χ3v) is 6.76. The van der Waals surface area contributed by atoms with Crippen LogP contribution >= 0.6 is 11.3 Å². The first-order valence-corrected chi connectivity index (χ1v) is 11.5. The molecular formula is C25H24N4O3S. The molecule has 7 nitrogen and oxygen atoms in total. The molecule has 2 aromatic heterocycles. The third kappa shape index (κ3) is 5.38. The van der Waals surface area contributed by atoms with Crippen molar-refractivity contribution in [1.29, 1.82) is 5.26 Å². The van der Waals surface area contributed by atoms with Crippen LogP contribution in [0.5, 0.6) is 5.75 Å². The monoisotopic (exact) mass is 460 g/mol. The molecule has 3 heterocycles. The maximum absolute atomic E-state index is 12.7. The first-order valence-electron chi connectivity index (χ1n) is 10.7. The highest BCUT2D eigenvalue weighted by atomic mass is 32.1. The third-order valence-electron chi connectivity index (χ3n) is 5.63. The van der Waals surface area contributed by atoms with Gasteiger partial charge in [-0.1, -0.05) is 18.2 Å². The number of carbonyl (C=O) groups excluding carboxylic acids is 2. The molecule has 0 saturated heterocycles. The molecule has 0 unspecified atom stereocenters. The molecule has 8 heteroatoms. The Morgan fingerprint density at radius 1 is 1.27 bits per heavy atom. The number of nitrogens with zero attached hydrogens (tertiary/aromatic N) is 3. The second-order valence-corrected chi connectivity index (χ2v) is 8.93. The highest BCUT2D eigenvalue weighted by Crippen LogP contribution is 2.37. The number of fused-ring (bicyclic) bond motifs is 1. The van der Waals surface area contributed by atoms with Gasteiger partial charge in [-0.25, -0.2) is 0 Å². The van der Waals surface area contributed by atoms with E-state index in [0.717, 1.165) is 27.3 Å². The predicted octanol–water partition coefficient (Wildman–Crippen LogP) is 3.72. The van der Waals surface area contributed by atoms with Gasteiger partial charge in [0.25, 0.3) is 0 Å². The number of carbonyl (C=O) groups is 2. The van der Waals surface area contributed by atoms with Crippen LogP contribution in [0.2, 0.25) is 0 Å². The Morgan fingerprint density at radius 3 is 2.88 bits per heavy atom.